The Morgan fingerprint density at radius 1 is 1.24 bits per heavy atom. The van der Waals surface area contributed by atoms with E-state index in [1.165, 1.54) is 6.08 Å². The fourth-order valence-corrected chi connectivity index (χ4v) is 3.14. The number of hydrogen-bond acceptors (Lipinski definition) is 4. The number of likely N-dealkylation sites (tertiary alicyclic amines) is 1. The minimum Gasteiger partial charge on any atom is -0.504 e. The van der Waals surface area contributed by atoms with Crippen molar-refractivity contribution in [2.75, 3.05) is 20.1 Å². The fraction of sp³-hybridized carbons (Fsp3) is 0.647. The van der Waals surface area contributed by atoms with Crippen LogP contribution in [0.1, 0.15) is 45.4 Å². The van der Waals surface area contributed by atoms with Crippen molar-refractivity contribution in [1.82, 2.24) is 4.90 Å². The van der Waals surface area contributed by atoms with Gasteiger partial charge in [-0.15, -0.1) is 0 Å². The monoisotopic (exact) mass is 291 g/mol. The van der Waals surface area contributed by atoms with Gasteiger partial charge in [0.05, 0.1) is 0 Å². The van der Waals surface area contributed by atoms with E-state index in [0.717, 1.165) is 45.2 Å². The van der Waals surface area contributed by atoms with Crippen molar-refractivity contribution in [3.63, 3.8) is 0 Å². The van der Waals surface area contributed by atoms with Crippen LogP contribution in [0.5, 0.6) is 0 Å². The molecule has 2 aliphatic rings. The van der Waals surface area contributed by atoms with Crippen molar-refractivity contribution < 1.29 is 14.7 Å². The number of aliphatic hydroxyl groups is 1. The standard InChI is InChI=1S/C17H25NO3/c1-3-4-5-6-13-11-14(19)15(17(21)16(13)20)12-7-9-18(2)10-8-12/h11-12,21H,3-10H2,1-2H3. The second-order valence-electron chi connectivity index (χ2n) is 6.16. The molecule has 1 saturated heterocycles. The van der Waals surface area contributed by atoms with Gasteiger partial charge in [0.1, 0.15) is 0 Å². The van der Waals surface area contributed by atoms with Crippen molar-refractivity contribution in [2.24, 2.45) is 5.92 Å². The predicted octanol–water partition coefficient (Wildman–Crippen LogP) is 2.80. The van der Waals surface area contributed by atoms with Crippen LogP contribution < -0.4 is 0 Å². The highest BCUT2D eigenvalue weighted by molar-refractivity contribution is 6.21. The lowest BCUT2D eigenvalue weighted by atomic mass is 9.81. The molecule has 0 aromatic heterocycles. The molecule has 0 atom stereocenters. The first-order valence-corrected chi connectivity index (χ1v) is 7.95. The van der Waals surface area contributed by atoms with Crippen LogP contribution in [0.15, 0.2) is 23.0 Å². The molecule has 1 N–H and O–H groups in total. The molecule has 1 fully saturated rings. The number of Topliss-reactive ketones (excluding diaryl/α,β-unsaturated/α-hetero) is 1. The Bertz CT molecular complexity index is 482. The summed E-state index contributed by atoms with van der Waals surface area (Å²) in [7, 11) is 2.05. The van der Waals surface area contributed by atoms with E-state index >= 15 is 0 Å². The van der Waals surface area contributed by atoms with Gasteiger partial charge in [-0.25, -0.2) is 0 Å². The van der Waals surface area contributed by atoms with Crippen molar-refractivity contribution >= 4 is 11.6 Å². The van der Waals surface area contributed by atoms with Gasteiger partial charge in [-0.3, -0.25) is 9.59 Å². The van der Waals surface area contributed by atoms with E-state index < -0.39 is 0 Å². The summed E-state index contributed by atoms with van der Waals surface area (Å²) >= 11 is 0. The topological polar surface area (TPSA) is 57.6 Å². The zero-order valence-corrected chi connectivity index (χ0v) is 13.0. The van der Waals surface area contributed by atoms with Crippen LogP contribution in [0, 0.1) is 5.92 Å². The first kappa shape index (κ1) is 16.0. The van der Waals surface area contributed by atoms with Gasteiger partial charge in [0.2, 0.25) is 5.78 Å². The van der Waals surface area contributed by atoms with Crippen LogP contribution in [-0.4, -0.2) is 41.7 Å². The lowest BCUT2D eigenvalue weighted by Gasteiger charge is -2.31. The van der Waals surface area contributed by atoms with E-state index in [1.54, 1.807) is 0 Å². The number of ketones is 2. The second-order valence-corrected chi connectivity index (χ2v) is 6.16. The molecule has 116 valence electrons. The predicted molar refractivity (Wildman–Crippen MR) is 82.1 cm³/mol. The summed E-state index contributed by atoms with van der Waals surface area (Å²) in [6.45, 7) is 3.89. The first-order valence-electron chi connectivity index (χ1n) is 7.95. The third-order valence-electron chi connectivity index (χ3n) is 4.51. The molecule has 0 amide bonds. The van der Waals surface area contributed by atoms with Crippen LogP contribution in [0.25, 0.3) is 0 Å². The van der Waals surface area contributed by atoms with Crippen LogP contribution in [0.2, 0.25) is 0 Å². The lowest BCUT2D eigenvalue weighted by Crippen LogP contribution is -2.34. The SMILES string of the molecule is CCCCCC1=CC(=O)C(C2CCN(C)CC2)=C(O)C1=O. The lowest BCUT2D eigenvalue weighted by molar-refractivity contribution is -0.118. The molecule has 4 heteroatoms. The highest BCUT2D eigenvalue weighted by Crippen LogP contribution is 2.31. The number of rotatable bonds is 5. The van der Waals surface area contributed by atoms with Gasteiger partial charge in [-0.1, -0.05) is 19.8 Å². The molecule has 0 unspecified atom stereocenters. The number of nitrogens with zero attached hydrogens (tertiary/aromatic N) is 1. The molecule has 1 aliphatic heterocycles. The summed E-state index contributed by atoms with van der Waals surface area (Å²) in [6.07, 6.45) is 6.69. The molecule has 2 rings (SSSR count). The maximum atomic E-state index is 12.3. The number of hydrogen-bond donors (Lipinski definition) is 1. The Morgan fingerprint density at radius 2 is 1.90 bits per heavy atom. The van der Waals surface area contributed by atoms with E-state index in [9.17, 15) is 14.7 Å². The number of unbranched alkanes of at least 4 members (excludes halogenated alkanes) is 2. The smallest absolute Gasteiger partial charge is 0.223 e. The first-order chi connectivity index (χ1) is 10.0. The second kappa shape index (κ2) is 7.03. The third-order valence-corrected chi connectivity index (χ3v) is 4.51. The van der Waals surface area contributed by atoms with E-state index in [2.05, 4.69) is 11.8 Å². The Balaban J connectivity index is 2.10. The van der Waals surface area contributed by atoms with Gasteiger partial charge < -0.3 is 10.0 Å². The molecule has 0 bridgehead atoms. The van der Waals surface area contributed by atoms with Crippen molar-refractivity contribution in [3.05, 3.63) is 23.0 Å². The maximum Gasteiger partial charge on any atom is 0.223 e. The number of allylic oxidation sites excluding steroid dienone is 3. The summed E-state index contributed by atoms with van der Waals surface area (Å²) in [6, 6.07) is 0. The van der Waals surface area contributed by atoms with Gasteiger partial charge in [-0.2, -0.15) is 0 Å². The molecule has 1 aliphatic carbocycles. The molecular formula is C17H25NO3. The van der Waals surface area contributed by atoms with Crippen LogP contribution >= 0.6 is 0 Å². The molecule has 0 aromatic carbocycles. The van der Waals surface area contributed by atoms with E-state index in [4.69, 9.17) is 0 Å². The van der Waals surface area contributed by atoms with Crippen LogP contribution in [-0.2, 0) is 9.59 Å². The summed E-state index contributed by atoms with van der Waals surface area (Å²) in [4.78, 5) is 26.8. The number of piperidine rings is 1. The van der Waals surface area contributed by atoms with E-state index in [0.29, 0.717) is 17.6 Å². The van der Waals surface area contributed by atoms with Crippen molar-refractivity contribution in [1.29, 1.82) is 0 Å². The van der Waals surface area contributed by atoms with Gasteiger partial charge >= 0.3 is 0 Å². The summed E-state index contributed by atoms with van der Waals surface area (Å²) in [5.41, 5.74) is 0.829. The Labute approximate surface area is 126 Å². The average Bonchev–Trinajstić information content (AvgIpc) is 2.46. The Morgan fingerprint density at radius 3 is 2.52 bits per heavy atom. The van der Waals surface area contributed by atoms with Gasteiger partial charge in [0.25, 0.3) is 0 Å². The summed E-state index contributed by atoms with van der Waals surface area (Å²) in [5, 5.41) is 10.2. The number of carbonyl (C=O) groups is 2. The zero-order valence-electron chi connectivity index (χ0n) is 13.0. The molecule has 21 heavy (non-hydrogen) atoms. The molecule has 0 aromatic rings. The molecule has 1 heterocycles. The normalized spacial score (nSPS) is 21.9. The van der Waals surface area contributed by atoms with Crippen LogP contribution in [0.3, 0.4) is 0 Å². The quantitative estimate of drug-likeness (QED) is 0.625. The van der Waals surface area contributed by atoms with Crippen molar-refractivity contribution in [2.45, 2.75) is 45.4 Å². The van der Waals surface area contributed by atoms with Crippen LogP contribution in [0.4, 0.5) is 0 Å². The van der Waals surface area contributed by atoms with Gasteiger partial charge in [-0.05, 0) is 57.8 Å². The molecular weight excluding hydrogens is 266 g/mol. The molecule has 0 radical (unpaired) electrons. The zero-order chi connectivity index (χ0) is 15.4. The number of aliphatic hydroxyl groups excluding tert-OH is 1. The Kier molecular flexibility index (Phi) is 5.34. The average molecular weight is 291 g/mol. The van der Waals surface area contributed by atoms with Gasteiger partial charge in [0, 0.05) is 11.1 Å². The molecule has 4 nitrogen and oxygen atoms in total. The maximum absolute atomic E-state index is 12.3. The van der Waals surface area contributed by atoms with Crippen molar-refractivity contribution in [3.8, 4) is 0 Å². The number of carbonyl (C=O) groups excluding carboxylic acids is 2. The Hall–Kier alpha value is -1.42. The molecule has 0 spiro atoms. The molecule has 0 saturated carbocycles. The van der Waals surface area contributed by atoms with Gasteiger partial charge in [0.15, 0.2) is 11.5 Å². The van der Waals surface area contributed by atoms with E-state index in [1.807, 2.05) is 7.05 Å². The summed E-state index contributed by atoms with van der Waals surface area (Å²) in [5.74, 6) is -0.762. The minimum atomic E-state index is -0.334. The summed E-state index contributed by atoms with van der Waals surface area (Å²) < 4.78 is 0. The minimum absolute atomic E-state index is 0.0195. The largest absolute Gasteiger partial charge is 0.504 e. The van der Waals surface area contributed by atoms with E-state index in [-0.39, 0.29) is 23.2 Å². The fourth-order valence-electron chi connectivity index (χ4n) is 3.14. The highest BCUT2D eigenvalue weighted by atomic mass is 16.3. The highest BCUT2D eigenvalue weighted by Gasteiger charge is 2.33. The third kappa shape index (κ3) is 3.62.